The summed E-state index contributed by atoms with van der Waals surface area (Å²) in [5.41, 5.74) is 0. The average molecular weight is 417 g/mol. The maximum atomic E-state index is 2.12. The third kappa shape index (κ3) is 58.4. The second-order valence-corrected chi connectivity index (χ2v) is 7.07. The lowest BCUT2D eigenvalue weighted by molar-refractivity contribution is 0.504. The second kappa shape index (κ2) is 56.5. The van der Waals surface area contributed by atoms with Crippen LogP contribution in [-0.2, 0) is 0 Å². The third-order valence-electron chi connectivity index (χ3n) is 4.50. The fraction of sp³-hybridized carbons (Fsp3) is 1.00. The van der Waals surface area contributed by atoms with Gasteiger partial charge in [-0.1, -0.05) is 191 Å². The van der Waals surface area contributed by atoms with Crippen LogP contribution in [0.3, 0.4) is 0 Å². The molecule has 3 aliphatic rings. The van der Waals surface area contributed by atoms with Gasteiger partial charge in [-0.2, -0.15) is 0 Å². The Morgan fingerprint density at radius 2 is 0.276 bits per heavy atom. The zero-order chi connectivity index (χ0) is 23.4. The van der Waals surface area contributed by atoms with Crippen molar-refractivity contribution in [1.82, 2.24) is 0 Å². The lowest BCUT2D eigenvalue weighted by atomic mass is 10.0. The highest BCUT2D eigenvalue weighted by Crippen LogP contribution is 2.16. The molecule has 0 aromatic carbocycles. The SMILES string of the molecule is C1CCCCC1.C1CCCCC1.C1CCCCC1.CC.CC.CC.CC.CCC. The summed E-state index contributed by atoms with van der Waals surface area (Å²) in [5.74, 6) is 0. The van der Waals surface area contributed by atoms with Gasteiger partial charge in [0.25, 0.3) is 0 Å². The van der Waals surface area contributed by atoms with Crippen LogP contribution >= 0.6 is 0 Å². The molecule has 0 saturated heterocycles. The molecule has 0 N–H and O–H groups in total. The van der Waals surface area contributed by atoms with Gasteiger partial charge < -0.3 is 0 Å². The summed E-state index contributed by atoms with van der Waals surface area (Å²) in [6.07, 6.45) is 28.2. The van der Waals surface area contributed by atoms with Crippen molar-refractivity contribution in [2.24, 2.45) is 0 Å². The van der Waals surface area contributed by atoms with Crippen molar-refractivity contribution in [2.75, 3.05) is 0 Å². The van der Waals surface area contributed by atoms with E-state index in [1.54, 1.807) is 0 Å². The molecule has 3 aliphatic carbocycles. The van der Waals surface area contributed by atoms with E-state index in [1.807, 2.05) is 55.4 Å². The van der Waals surface area contributed by atoms with Crippen molar-refractivity contribution >= 4 is 0 Å². The van der Waals surface area contributed by atoms with E-state index in [-0.39, 0.29) is 0 Å². The third-order valence-corrected chi connectivity index (χ3v) is 4.50. The Morgan fingerprint density at radius 1 is 0.241 bits per heavy atom. The first kappa shape index (κ1) is 39.5. The highest BCUT2D eigenvalue weighted by Gasteiger charge is 1.96. The summed E-state index contributed by atoms with van der Waals surface area (Å²) >= 11 is 0. The largest absolute Gasteiger partial charge is 0.0683 e. The summed E-state index contributed by atoms with van der Waals surface area (Å²) in [5, 5.41) is 0. The Balaban J connectivity index is -0.0000000806. The van der Waals surface area contributed by atoms with E-state index in [9.17, 15) is 0 Å². The van der Waals surface area contributed by atoms with Crippen LogP contribution in [0.25, 0.3) is 0 Å². The molecular weight excluding hydrogens is 348 g/mol. The molecule has 0 heterocycles. The molecule has 3 saturated carbocycles. The summed E-state index contributed by atoms with van der Waals surface area (Å²) in [7, 11) is 0. The molecule has 3 fully saturated rings. The van der Waals surface area contributed by atoms with E-state index < -0.39 is 0 Å². The Morgan fingerprint density at radius 3 is 0.310 bits per heavy atom. The first-order valence-electron chi connectivity index (χ1n) is 14.4. The van der Waals surface area contributed by atoms with Crippen LogP contribution in [0.5, 0.6) is 0 Å². The minimum absolute atomic E-state index is 1.25. The normalized spacial score (nSPS) is 16.3. The highest BCUT2D eigenvalue weighted by molar-refractivity contribution is 4.52. The fourth-order valence-electron chi connectivity index (χ4n) is 3.18. The molecule has 0 atom stereocenters. The van der Waals surface area contributed by atoms with Crippen molar-refractivity contribution in [2.45, 2.75) is 191 Å². The smallest absolute Gasteiger partial charge is 0.0533 e. The van der Waals surface area contributed by atoms with Crippen molar-refractivity contribution in [3.63, 3.8) is 0 Å². The van der Waals surface area contributed by atoms with E-state index in [0.29, 0.717) is 0 Å². The van der Waals surface area contributed by atoms with E-state index in [0.717, 1.165) is 0 Å². The molecule has 29 heavy (non-hydrogen) atoms. The molecule has 0 aliphatic heterocycles. The Hall–Kier alpha value is 0. The molecular formula is C29H68. The zero-order valence-corrected chi connectivity index (χ0v) is 23.4. The van der Waals surface area contributed by atoms with Crippen molar-refractivity contribution in [1.29, 1.82) is 0 Å². The minimum Gasteiger partial charge on any atom is -0.0683 e. The Labute approximate surface area is 191 Å². The minimum atomic E-state index is 1.25. The molecule has 0 bridgehead atoms. The molecule has 0 aromatic heterocycles. The van der Waals surface area contributed by atoms with Gasteiger partial charge in [0.15, 0.2) is 0 Å². The summed E-state index contributed by atoms with van der Waals surface area (Å²) < 4.78 is 0. The van der Waals surface area contributed by atoms with E-state index in [2.05, 4.69) is 13.8 Å². The predicted molar refractivity (Wildman–Crippen MR) is 144 cm³/mol. The predicted octanol–water partition coefficient (Wildman–Crippen LogP) is 12.5. The van der Waals surface area contributed by atoms with Gasteiger partial charge in [0, 0.05) is 0 Å². The summed E-state index contributed by atoms with van der Waals surface area (Å²) in [6.45, 7) is 20.2. The van der Waals surface area contributed by atoms with Crippen LogP contribution < -0.4 is 0 Å². The van der Waals surface area contributed by atoms with Crippen molar-refractivity contribution < 1.29 is 0 Å². The first-order chi connectivity index (χ1) is 14.4. The highest BCUT2D eigenvalue weighted by atomic mass is 14.0. The number of rotatable bonds is 0. The van der Waals surface area contributed by atoms with E-state index in [1.165, 1.54) is 122 Å². The van der Waals surface area contributed by atoms with E-state index >= 15 is 0 Å². The van der Waals surface area contributed by atoms with Gasteiger partial charge in [-0.25, -0.2) is 0 Å². The lowest BCUT2D eigenvalue weighted by Crippen LogP contribution is -1.85. The van der Waals surface area contributed by atoms with E-state index in [4.69, 9.17) is 0 Å². The van der Waals surface area contributed by atoms with Crippen molar-refractivity contribution in [3.8, 4) is 0 Å². The Bertz CT molecular complexity index is 86.4. The van der Waals surface area contributed by atoms with Gasteiger partial charge in [-0.3, -0.25) is 0 Å². The Kier molecular flexibility index (Phi) is 77.0. The van der Waals surface area contributed by atoms with Gasteiger partial charge in [0.1, 0.15) is 0 Å². The maximum Gasteiger partial charge on any atom is -0.0533 e. The lowest BCUT2D eigenvalue weighted by Gasteiger charge is -2.05. The van der Waals surface area contributed by atoms with Crippen LogP contribution in [-0.4, -0.2) is 0 Å². The topological polar surface area (TPSA) is 0 Å². The molecule has 0 aromatic rings. The average Bonchev–Trinajstić information content (AvgIpc) is 2.89. The summed E-state index contributed by atoms with van der Waals surface area (Å²) in [4.78, 5) is 0. The quantitative estimate of drug-likeness (QED) is 0.368. The van der Waals surface area contributed by atoms with Gasteiger partial charge in [-0.15, -0.1) is 0 Å². The zero-order valence-electron chi connectivity index (χ0n) is 23.4. The second-order valence-electron chi connectivity index (χ2n) is 7.07. The van der Waals surface area contributed by atoms with Crippen LogP contribution in [0.15, 0.2) is 0 Å². The maximum absolute atomic E-state index is 2.12. The molecule has 0 heteroatoms. The molecule has 0 unspecified atom stereocenters. The monoisotopic (exact) mass is 417 g/mol. The molecule has 184 valence electrons. The first-order valence-corrected chi connectivity index (χ1v) is 14.4. The number of hydrogen-bond acceptors (Lipinski definition) is 0. The molecule has 0 spiro atoms. The van der Waals surface area contributed by atoms with Gasteiger partial charge >= 0.3 is 0 Å². The fourth-order valence-corrected chi connectivity index (χ4v) is 3.18. The van der Waals surface area contributed by atoms with Gasteiger partial charge in [-0.05, 0) is 0 Å². The molecule has 0 amide bonds. The molecule has 3 rings (SSSR count). The molecule has 0 nitrogen and oxygen atoms in total. The van der Waals surface area contributed by atoms with Crippen LogP contribution in [0.1, 0.15) is 191 Å². The van der Waals surface area contributed by atoms with Crippen molar-refractivity contribution in [3.05, 3.63) is 0 Å². The standard InChI is InChI=1S/3C6H12.C3H8.4C2H6/c3*1-2-4-6-5-3-1;1-3-2;4*1-2/h3*1-6H2;3H2,1-2H3;4*1-2H3. The van der Waals surface area contributed by atoms with Crippen LogP contribution in [0.4, 0.5) is 0 Å². The number of hydrogen-bond donors (Lipinski definition) is 0. The molecule has 0 radical (unpaired) electrons. The van der Waals surface area contributed by atoms with Crippen LogP contribution in [0, 0.1) is 0 Å². The van der Waals surface area contributed by atoms with Gasteiger partial charge in [0.05, 0.1) is 0 Å². The van der Waals surface area contributed by atoms with Crippen LogP contribution in [0.2, 0.25) is 0 Å². The summed E-state index contributed by atoms with van der Waals surface area (Å²) in [6, 6.07) is 0. The van der Waals surface area contributed by atoms with Gasteiger partial charge in [0.2, 0.25) is 0 Å².